The van der Waals surface area contributed by atoms with Crippen molar-refractivity contribution in [3.05, 3.63) is 4.88 Å². The molecule has 1 amide bonds. The number of nitrogens with two attached hydrogens (primary N) is 1. The second-order valence-electron chi connectivity index (χ2n) is 5.50. The standard InChI is InChI=1S/C13H22N4OS2/c1-7(2)15-13-16-11(14)10(20-13)12(18)17-5-8(3)19-9(4)6-17/h7-9H,5-6,14H2,1-4H3,(H,15,16). The van der Waals surface area contributed by atoms with Crippen LogP contribution in [-0.4, -0.2) is 45.4 Å². The van der Waals surface area contributed by atoms with Crippen LogP contribution in [0.15, 0.2) is 0 Å². The van der Waals surface area contributed by atoms with Crippen LogP contribution in [-0.2, 0) is 0 Å². The Hall–Kier alpha value is -0.950. The molecule has 0 aromatic carbocycles. The molecule has 5 nitrogen and oxygen atoms in total. The summed E-state index contributed by atoms with van der Waals surface area (Å²) in [5.74, 6) is 0.345. The predicted molar refractivity (Wildman–Crippen MR) is 87.7 cm³/mol. The number of rotatable bonds is 3. The topological polar surface area (TPSA) is 71.2 Å². The Morgan fingerprint density at radius 3 is 2.55 bits per heavy atom. The van der Waals surface area contributed by atoms with Gasteiger partial charge in [0.05, 0.1) is 0 Å². The lowest BCUT2D eigenvalue weighted by molar-refractivity contribution is 0.0759. The van der Waals surface area contributed by atoms with Crippen molar-refractivity contribution >= 4 is 40.0 Å². The van der Waals surface area contributed by atoms with E-state index in [0.29, 0.717) is 26.3 Å². The van der Waals surface area contributed by atoms with Crippen LogP contribution in [0.5, 0.6) is 0 Å². The summed E-state index contributed by atoms with van der Waals surface area (Å²) in [5, 5.41) is 4.84. The number of nitrogens with zero attached hydrogens (tertiary/aromatic N) is 2. The molecule has 0 radical (unpaired) electrons. The monoisotopic (exact) mass is 314 g/mol. The fourth-order valence-electron chi connectivity index (χ4n) is 2.28. The van der Waals surface area contributed by atoms with Gasteiger partial charge in [0.15, 0.2) is 5.13 Å². The molecule has 0 spiro atoms. The molecule has 2 unspecified atom stereocenters. The molecule has 1 aliphatic rings. The Morgan fingerprint density at radius 2 is 2.00 bits per heavy atom. The molecule has 1 saturated heterocycles. The number of hydrogen-bond acceptors (Lipinski definition) is 6. The zero-order valence-electron chi connectivity index (χ0n) is 12.3. The molecule has 0 bridgehead atoms. The number of carbonyl (C=O) groups is 1. The summed E-state index contributed by atoms with van der Waals surface area (Å²) in [6.45, 7) is 9.93. The van der Waals surface area contributed by atoms with E-state index in [-0.39, 0.29) is 11.9 Å². The molecular weight excluding hydrogens is 292 g/mol. The molecule has 1 aromatic rings. The maximum absolute atomic E-state index is 12.6. The van der Waals surface area contributed by atoms with Gasteiger partial charge in [0.2, 0.25) is 0 Å². The van der Waals surface area contributed by atoms with Crippen LogP contribution in [0.1, 0.15) is 37.4 Å². The van der Waals surface area contributed by atoms with Gasteiger partial charge in [-0.15, -0.1) is 0 Å². The second-order valence-corrected chi connectivity index (χ2v) is 8.38. The van der Waals surface area contributed by atoms with Crippen molar-refractivity contribution in [2.75, 3.05) is 24.1 Å². The van der Waals surface area contributed by atoms with Gasteiger partial charge in [-0.2, -0.15) is 11.8 Å². The minimum Gasteiger partial charge on any atom is -0.382 e. The van der Waals surface area contributed by atoms with Crippen LogP contribution in [0.2, 0.25) is 0 Å². The molecule has 2 atom stereocenters. The van der Waals surface area contributed by atoms with E-state index in [9.17, 15) is 4.79 Å². The van der Waals surface area contributed by atoms with Crippen molar-refractivity contribution in [3.8, 4) is 0 Å². The van der Waals surface area contributed by atoms with Gasteiger partial charge in [0.25, 0.3) is 5.91 Å². The third-order valence-corrected chi connectivity index (χ3v) is 5.18. The highest BCUT2D eigenvalue weighted by molar-refractivity contribution is 8.00. The predicted octanol–water partition coefficient (Wildman–Crippen LogP) is 2.51. The molecule has 0 aliphatic carbocycles. The highest BCUT2D eigenvalue weighted by Crippen LogP contribution is 2.30. The second kappa shape index (κ2) is 6.22. The highest BCUT2D eigenvalue weighted by atomic mass is 32.2. The van der Waals surface area contributed by atoms with E-state index < -0.39 is 0 Å². The molecule has 3 N–H and O–H groups in total. The molecule has 7 heteroatoms. The maximum atomic E-state index is 12.6. The van der Waals surface area contributed by atoms with Gasteiger partial charge < -0.3 is 16.0 Å². The van der Waals surface area contributed by atoms with Gasteiger partial charge in [-0.3, -0.25) is 4.79 Å². The minimum absolute atomic E-state index is 0.0100. The van der Waals surface area contributed by atoms with Crippen molar-refractivity contribution in [2.24, 2.45) is 0 Å². The van der Waals surface area contributed by atoms with Crippen LogP contribution in [0.25, 0.3) is 0 Å². The van der Waals surface area contributed by atoms with Gasteiger partial charge in [-0.1, -0.05) is 25.2 Å². The van der Waals surface area contributed by atoms with E-state index in [1.807, 2.05) is 30.5 Å². The van der Waals surface area contributed by atoms with Crippen LogP contribution in [0, 0.1) is 0 Å². The molecule has 0 saturated carbocycles. The first-order chi connectivity index (χ1) is 9.36. The van der Waals surface area contributed by atoms with E-state index in [2.05, 4.69) is 24.1 Å². The molecular formula is C13H22N4OS2. The van der Waals surface area contributed by atoms with E-state index in [4.69, 9.17) is 5.73 Å². The first-order valence-corrected chi connectivity index (χ1v) is 8.60. The summed E-state index contributed by atoms with van der Waals surface area (Å²) >= 11 is 3.27. The first kappa shape index (κ1) is 15.4. The number of amides is 1. The van der Waals surface area contributed by atoms with Crippen molar-refractivity contribution in [1.82, 2.24) is 9.88 Å². The molecule has 1 aliphatic heterocycles. The normalized spacial score (nSPS) is 23.1. The van der Waals surface area contributed by atoms with Gasteiger partial charge in [-0.05, 0) is 13.8 Å². The molecule has 1 aromatic heterocycles. The number of thioether (sulfide) groups is 1. The van der Waals surface area contributed by atoms with E-state index in [1.165, 1.54) is 11.3 Å². The minimum atomic E-state index is 0.0100. The highest BCUT2D eigenvalue weighted by Gasteiger charge is 2.29. The molecule has 1 fully saturated rings. The summed E-state index contributed by atoms with van der Waals surface area (Å²) in [4.78, 5) is 19.3. The van der Waals surface area contributed by atoms with E-state index in [0.717, 1.165) is 13.1 Å². The fourth-order valence-corrected chi connectivity index (χ4v) is 4.60. The number of aromatic nitrogens is 1. The number of thiazole rings is 1. The van der Waals surface area contributed by atoms with Crippen molar-refractivity contribution < 1.29 is 4.79 Å². The lowest BCUT2D eigenvalue weighted by Gasteiger charge is -2.34. The van der Waals surface area contributed by atoms with Crippen LogP contribution in [0.3, 0.4) is 0 Å². The zero-order chi connectivity index (χ0) is 14.9. The van der Waals surface area contributed by atoms with E-state index >= 15 is 0 Å². The van der Waals surface area contributed by atoms with Gasteiger partial charge in [0.1, 0.15) is 10.7 Å². The largest absolute Gasteiger partial charge is 0.382 e. The Labute approximate surface area is 128 Å². The molecule has 20 heavy (non-hydrogen) atoms. The van der Waals surface area contributed by atoms with Crippen molar-refractivity contribution in [3.63, 3.8) is 0 Å². The molecule has 2 rings (SSSR count). The summed E-state index contributed by atoms with van der Waals surface area (Å²) in [7, 11) is 0. The van der Waals surface area contributed by atoms with Crippen LogP contribution >= 0.6 is 23.1 Å². The van der Waals surface area contributed by atoms with Crippen LogP contribution < -0.4 is 11.1 Å². The molecule has 2 heterocycles. The number of anilines is 2. The lowest BCUT2D eigenvalue weighted by Crippen LogP contribution is -2.43. The first-order valence-electron chi connectivity index (χ1n) is 6.84. The average molecular weight is 314 g/mol. The SMILES string of the molecule is CC(C)Nc1nc(N)c(C(=O)N2CC(C)SC(C)C2)s1. The third-order valence-electron chi connectivity index (χ3n) is 2.97. The van der Waals surface area contributed by atoms with Gasteiger partial charge in [0, 0.05) is 29.6 Å². The van der Waals surface area contributed by atoms with E-state index in [1.54, 1.807) is 0 Å². The third kappa shape index (κ3) is 3.58. The Morgan fingerprint density at radius 1 is 1.40 bits per heavy atom. The Kier molecular flexibility index (Phi) is 4.80. The van der Waals surface area contributed by atoms with Crippen molar-refractivity contribution in [1.29, 1.82) is 0 Å². The Balaban J connectivity index is 2.14. The Bertz CT molecular complexity index is 479. The lowest BCUT2D eigenvalue weighted by atomic mass is 10.3. The summed E-state index contributed by atoms with van der Waals surface area (Å²) < 4.78 is 0. The van der Waals surface area contributed by atoms with Crippen LogP contribution in [0.4, 0.5) is 10.9 Å². The van der Waals surface area contributed by atoms with Gasteiger partial charge in [-0.25, -0.2) is 4.98 Å². The quantitative estimate of drug-likeness (QED) is 0.897. The summed E-state index contributed by atoms with van der Waals surface area (Å²) in [6, 6.07) is 0.273. The average Bonchev–Trinajstić information content (AvgIpc) is 2.67. The molecule has 112 valence electrons. The summed E-state index contributed by atoms with van der Waals surface area (Å²) in [6.07, 6.45) is 0. The van der Waals surface area contributed by atoms with Crippen molar-refractivity contribution in [2.45, 2.75) is 44.2 Å². The fraction of sp³-hybridized carbons (Fsp3) is 0.692. The number of nitrogens with one attached hydrogen (secondary N) is 1. The zero-order valence-corrected chi connectivity index (χ0v) is 14.0. The van der Waals surface area contributed by atoms with Gasteiger partial charge >= 0.3 is 0 Å². The number of hydrogen-bond donors (Lipinski definition) is 2. The number of carbonyl (C=O) groups excluding carboxylic acids is 1. The summed E-state index contributed by atoms with van der Waals surface area (Å²) in [5.41, 5.74) is 5.90. The smallest absolute Gasteiger partial charge is 0.267 e. The maximum Gasteiger partial charge on any atom is 0.267 e. The number of nitrogen functional groups attached to an aromatic ring is 1.